The Morgan fingerprint density at radius 3 is 1.29 bits per heavy atom. The molecular weight excluding hydrogens is 1550 g/mol. The molecule has 2 atom stereocenters. The second kappa shape index (κ2) is 39.4. The van der Waals surface area contributed by atoms with Gasteiger partial charge in [0.05, 0.1) is 35.2 Å². The van der Waals surface area contributed by atoms with Gasteiger partial charge in [-0.15, -0.1) is 20.4 Å². The fraction of sp³-hybridized carbons (Fsp3) is 0.354. The summed E-state index contributed by atoms with van der Waals surface area (Å²) in [6.45, 7) is 22.9. The van der Waals surface area contributed by atoms with Crippen molar-refractivity contribution in [3.05, 3.63) is 195 Å². The van der Waals surface area contributed by atoms with E-state index in [1.807, 2.05) is 175 Å². The molecule has 2 aliphatic heterocycles. The number of carbonyl (C=O) groups is 7. The van der Waals surface area contributed by atoms with Crippen LogP contribution in [0.15, 0.2) is 167 Å². The molecule has 6 heterocycles. The smallest absolute Gasteiger partial charge is 1.00 e. The summed E-state index contributed by atoms with van der Waals surface area (Å²) in [5, 5.41) is 46.0. The summed E-state index contributed by atoms with van der Waals surface area (Å²) in [6, 6.07) is 47.9. The molecule has 110 heavy (non-hydrogen) atoms. The van der Waals surface area contributed by atoms with Crippen LogP contribution < -0.4 is 70.0 Å². The molecule has 2 saturated heterocycles. The molecule has 31 heteroatoms. The van der Waals surface area contributed by atoms with Gasteiger partial charge in [-0.3, -0.25) is 28.8 Å². The van der Waals surface area contributed by atoms with E-state index < -0.39 is 47.8 Å². The number of likely N-dealkylation sites (tertiary alicyclic amines) is 2. The number of hydrogen-bond donors (Lipinski definition) is 2. The molecule has 0 unspecified atom stereocenters. The van der Waals surface area contributed by atoms with Crippen LogP contribution in [-0.4, -0.2) is 135 Å². The monoisotopic (exact) mass is 1640 g/mol. The van der Waals surface area contributed by atoms with Crippen molar-refractivity contribution in [1.82, 2.24) is 39.3 Å². The van der Waals surface area contributed by atoms with E-state index in [1.54, 1.807) is 74.1 Å². The zero-order valence-electron chi connectivity index (χ0n) is 65.2. The number of halogens is 1. The number of nitrogens with zero attached hydrogens (tertiary/aromatic N) is 8. The third-order valence-corrected chi connectivity index (χ3v) is 16.8. The van der Waals surface area contributed by atoms with Crippen molar-refractivity contribution in [3.63, 3.8) is 0 Å². The molecule has 570 valence electrons. The molecule has 27 nitrogen and oxygen atoms in total. The van der Waals surface area contributed by atoms with Gasteiger partial charge in [0.2, 0.25) is 23.6 Å². The fourth-order valence-electron chi connectivity index (χ4n) is 11.7. The van der Waals surface area contributed by atoms with Gasteiger partial charge in [-0.25, -0.2) is 23.7 Å². The first-order chi connectivity index (χ1) is 51.1. The Labute approximate surface area is 696 Å². The van der Waals surface area contributed by atoms with Crippen LogP contribution in [0.2, 0.25) is 0 Å². The number of esters is 2. The average Bonchev–Trinajstić information content (AvgIpc) is 1.62. The maximum atomic E-state index is 13.6. The SMILES string of the molecule is CC(C)(C)OC(=O)Cc1ccc2c(c1)cc(-c1ccc(-c3nnc([C@@H]4CCCN4C(=O)OCc4ccccc4)o3)cc1)n2C(=O)OC(C)(C)C.CC(C)(C)OC(=O)Cc1ccc2c(c1)cc(B(O)O)n2C(=O)OC(C)(C)C.O=C(OCc1ccccc1)N1CCC[C@H]1c1nnc(-c2ccc(I)cc2)o1.O=CO[O-].[H-].[Na+].[Na+]. The maximum Gasteiger partial charge on any atom is 1.00 e. The molecule has 10 aromatic rings. The van der Waals surface area contributed by atoms with E-state index in [1.165, 1.54) is 6.07 Å². The molecule has 0 bridgehead atoms. The van der Waals surface area contributed by atoms with E-state index in [-0.39, 0.29) is 129 Å². The van der Waals surface area contributed by atoms with Crippen LogP contribution in [0.5, 0.6) is 0 Å². The van der Waals surface area contributed by atoms with Crippen molar-refractivity contribution in [1.29, 1.82) is 0 Å². The normalized spacial score (nSPS) is 14.0. The predicted molar refractivity (Wildman–Crippen MR) is 406 cm³/mol. The summed E-state index contributed by atoms with van der Waals surface area (Å²) in [5.41, 5.74) is 4.76. The van der Waals surface area contributed by atoms with E-state index in [0.717, 1.165) is 60.6 Å². The van der Waals surface area contributed by atoms with Gasteiger partial charge in [-0.1, -0.05) is 84.9 Å². The largest absolute Gasteiger partial charge is 1.00 e. The third kappa shape index (κ3) is 25.4. The molecule has 0 spiro atoms. The summed E-state index contributed by atoms with van der Waals surface area (Å²) in [5.74, 6) is 0.896. The number of hydrogen-bond acceptors (Lipinski definition) is 23. The minimum Gasteiger partial charge on any atom is -1.00 e. The Balaban J connectivity index is 0.000000268. The van der Waals surface area contributed by atoms with Crippen LogP contribution in [0.1, 0.15) is 156 Å². The van der Waals surface area contributed by atoms with Crippen LogP contribution in [0, 0.1) is 3.57 Å². The van der Waals surface area contributed by atoms with Gasteiger partial charge < -0.3 is 58.9 Å². The Morgan fingerprint density at radius 2 is 0.891 bits per heavy atom. The second-order valence-corrected chi connectivity index (χ2v) is 30.6. The summed E-state index contributed by atoms with van der Waals surface area (Å²) in [6.07, 6.45) is 1.34. The number of rotatable bonds is 15. The molecule has 2 N–H and O–H groups in total. The van der Waals surface area contributed by atoms with Gasteiger partial charge >= 0.3 is 103 Å². The van der Waals surface area contributed by atoms with Crippen molar-refractivity contribution in [2.45, 2.75) is 169 Å². The van der Waals surface area contributed by atoms with Crippen molar-refractivity contribution >= 4 is 99.9 Å². The molecule has 4 aromatic heterocycles. The standard InChI is InChI=1S/C39H42N4O7.C20H18IN3O3.C19H26BNO6.CH2O3.2Na.H/c1-38(2,3)49-33(44)22-26-14-19-30-29(21-26)23-32(43(30)37(46)50-39(4,5)6)27-15-17-28(18-16-27)34-40-41-35(48-34)31-13-10-20-42(31)36(45)47-24-25-11-8-7-9-12-25;21-16-10-8-15(9-11-16)18-22-23-19(27-18)17-7-4-12-24(17)20(25)26-13-14-5-2-1-3-6-14;1-18(2,3)26-16(22)10-12-7-8-14-13(9-12)11-15(20(24)25)21(14)17(23)27-19(4,5)6;2-1-4-3;;;/h7-9,11-12,14-19,21,23,31H,10,13,20,22,24H2,1-6H3;1-3,5-6,8-11,17H,4,7,12-13H2;7-9,11,24-25H,10H2,1-6H3;1,3H;;;/q;;;;2*+1;-1/p-1/t31-;17-;;;;;/m00...../s1. The Morgan fingerprint density at radius 1 is 0.509 bits per heavy atom. The van der Waals surface area contributed by atoms with Gasteiger partial charge in [0.1, 0.15) is 47.7 Å². The minimum atomic E-state index is -1.85. The van der Waals surface area contributed by atoms with Crippen LogP contribution in [0.4, 0.5) is 19.2 Å². The van der Waals surface area contributed by atoms with Crippen molar-refractivity contribution < 1.29 is 152 Å². The number of aromatic nitrogens is 6. The van der Waals surface area contributed by atoms with Crippen LogP contribution in [0.25, 0.3) is 56.0 Å². The number of carbonyl (C=O) groups excluding carboxylic acids is 7. The summed E-state index contributed by atoms with van der Waals surface area (Å²) < 4.78 is 48.8. The molecule has 0 saturated carbocycles. The van der Waals surface area contributed by atoms with Crippen molar-refractivity contribution in [3.8, 4) is 34.2 Å². The van der Waals surface area contributed by atoms with Gasteiger partial charge in [-0.05, 0) is 232 Å². The predicted octanol–water partition coefficient (Wildman–Crippen LogP) is 7.86. The molecule has 2 aliphatic rings. The number of fused-ring (bicyclic) bond motifs is 2. The molecule has 0 radical (unpaired) electrons. The van der Waals surface area contributed by atoms with Crippen LogP contribution >= 0.6 is 22.6 Å². The van der Waals surface area contributed by atoms with E-state index >= 15 is 0 Å². The van der Waals surface area contributed by atoms with Gasteiger partial charge in [0.15, 0.2) is 0 Å². The Kier molecular flexibility index (Phi) is 31.7. The number of ether oxygens (including phenoxy) is 6. The Bertz CT molecular complexity index is 4770. The zero-order chi connectivity index (χ0) is 78.3. The first-order valence-corrected chi connectivity index (χ1v) is 36.0. The van der Waals surface area contributed by atoms with Crippen molar-refractivity contribution in [2.24, 2.45) is 0 Å². The number of amides is 2. The topological polar surface area (TPSA) is 342 Å². The van der Waals surface area contributed by atoms with E-state index in [9.17, 15) is 38.8 Å². The second-order valence-electron chi connectivity index (χ2n) is 29.4. The third-order valence-electron chi connectivity index (χ3n) is 16.1. The van der Waals surface area contributed by atoms with Gasteiger partial charge in [-0.2, -0.15) is 0 Å². The first-order valence-electron chi connectivity index (χ1n) is 34.9. The van der Waals surface area contributed by atoms with E-state index in [0.29, 0.717) is 76.3 Å². The van der Waals surface area contributed by atoms with Crippen LogP contribution in [0.3, 0.4) is 0 Å². The minimum absolute atomic E-state index is 0. The molecule has 6 aromatic carbocycles. The van der Waals surface area contributed by atoms with Gasteiger partial charge in [0.25, 0.3) is 6.47 Å². The van der Waals surface area contributed by atoms with E-state index in [2.05, 4.69) is 47.9 Å². The van der Waals surface area contributed by atoms with E-state index in [4.69, 9.17) is 47.3 Å². The quantitative estimate of drug-likeness (QED) is 0.0187. The molecule has 2 fully saturated rings. The summed E-state index contributed by atoms with van der Waals surface area (Å²) in [7, 11) is -1.85. The molecule has 12 rings (SSSR count). The summed E-state index contributed by atoms with van der Waals surface area (Å²) >= 11 is 2.25. The fourth-order valence-corrected chi connectivity index (χ4v) is 12.1. The Hall–Kier alpha value is -8.76. The molecule has 2 amide bonds. The first kappa shape index (κ1) is 88.5. The molecular formula is C79H88BIN8Na2O19. The van der Waals surface area contributed by atoms with Crippen molar-refractivity contribution in [2.75, 3.05) is 13.1 Å². The average molecular weight is 1640 g/mol. The maximum absolute atomic E-state index is 13.6. The molecule has 0 aliphatic carbocycles. The summed E-state index contributed by atoms with van der Waals surface area (Å²) in [4.78, 5) is 90.7. The number of benzene rings is 6. The van der Waals surface area contributed by atoms with Gasteiger partial charge in [0, 0.05) is 38.6 Å². The zero-order valence-corrected chi connectivity index (χ0v) is 70.3. The van der Waals surface area contributed by atoms with Crippen LogP contribution in [-0.2, 0) is 73.7 Å².